The molecule has 1 aliphatic rings. The molecule has 0 bridgehead atoms. The Morgan fingerprint density at radius 1 is 1.28 bits per heavy atom. The highest BCUT2D eigenvalue weighted by atomic mass is 32.2. The van der Waals surface area contributed by atoms with Crippen molar-refractivity contribution >= 4 is 17.7 Å². The van der Waals surface area contributed by atoms with E-state index in [1.807, 2.05) is 4.98 Å². The van der Waals surface area contributed by atoms with Crippen LogP contribution in [0.15, 0.2) is 15.8 Å². The van der Waals surface area contributed by atoms with Gasteiger partial charge in [0.25, 0.3) is 15.7 Å². The highest BCUT2D eigenvalue weighted by Crippen LogP contribution is 2.44. The van der Waals surface area contributed by atoms with E-state index in [0.29, 0.717) is 0 Å². The fraction of sp³-hybridized carbons (Fsp3) is 0.636. The van der Waals surface area contributed by atoms with Crippen LogP contribution in [0.25, 0.3) is 0 Å². The summed E-state index contributed by atoms with van der Waals surface area (Å²) in [6, 6.07) is 0. The first kappa shape index (κ1) is 27.3. The van der Waals surface area contributed by atoms with E-state index >= 15 is 0 Å². The van der Waals surface area contributed by atoms with Crippen LogP contribution in [0, 0.1) is 0 Å². The number of rotatable bonds is 7. The second-order valence-electron chi connectivity index (χ2n) is 5.55. The number of hydrogen-bond donors (Lipinski definition) is 7. The standard InChI is InChI=1S/C11H17N2O12PS.2H3N/c1-23-5-2-13(11(17)12-9(5)16)10-8(15)7(14)6(25-10)3-24-26(18,19)4-27(20,21)22;;/h2,6-8,10,14-15H,3-4H2,1H3,(H,18,19)(H,12,16,17)(H,20,21,22);2*1H3/t6-,7-,8-,10-;;/m1../s1. The predicted octanol–water partition coefficient (Wildman–Crippen LogP) is -2.46. The summed E-state index contributed by atoms with van der Waals surface area (Å²) < 4.78 is 56.7. The summed E-state index contributed by atoms with van der Waals surface area (Å²) >= 11 is 0. The third-order valence-electron chi connectivity index (χ3n) is 3.53. The summed E-state index contributed by atoms with van der Waals surface area (Å²) in [6.45, 7) is -0.840. The largest absolute Gasteiger partial charge is 0.490 e. The molecule has 2 rings (SSSR count). The molecule has 1 aromatic heterocycles. The molecule has 18 heteroatoms. The molecule has 1 aliphatic heterocycles. The summed E-state index contributed by atoms with van der Waals surface area (Å²) in [6.07, 6.45) is -5.40. The summed E-state index contributed by atoms with van der Waals surface area (Å²) in [5.41, 5.74) is -3.40. The third-order valence-corrected chi connectivity index (χ3v) is 6.70. The van der Waals surface area contributed by atoms with Gasteiger partial charge in [0, 0.05) is 0 Å². The summed E-state index contributed by atoms with van der Waals surface area (Å²) in [5, 5.41) is 20.0. The monoisotopic (exact) mass is 466 g/mol. The fourth-order valence-corrected chi connectivity index (χ4v) is 4.66. The molecule has 0 saturated carbocycles. The molecular weight excluding hydrogens is 443 g/mol. The van der Waals surface area contributed by atoms with Crippen LogP contribution in [0.4, 0.5) is 0 Å². The average molecular weight is 466 g/mol. The number of aliphatic hydroxyl groups excluding tert-OH is 2. The van der Waals surface area contributed by atoms with Crippen LogP contribution in [0.3, 0.4) is 0 Å². The van der Waals surface area contributed by atoms with Gasteiger partial charge >= 0.3 is 13.3 Å². The summed E-state index contributed by atoms with van der Waals surface area (Å²) in [4.78, 5) is 34.7. The van der Waals surface area contributed by atoms with E-state index in [2.05, 4.69) is 4.52 Å². The Balaban J connectivity index is 0.00000392. The molecule has 0 radical (unpaired) electrons. The van der Waals surface area contributed by atoms with Crippen LogP contribution in [0.2, 0.25) is 0 Å². The van der Waals surface area contributed by atoms with Crippen LogP contribution in [0.1, 0.15) is 6.23 Å². The van der Waals surface area contributed by atoms with Crippen molar-refractivity contribution in [1.29, 1.82) is 0 Å². The lowest BCUT2D eigenvalue weighted by Crippen LogP contribution is -2.38. The quantitative estimate of drug-likeness (QED) is 0.162. The first-order chi connectivity index (χ1) is 12.3. The van der Waals surface area contributed by atoms with Crippen molar-refractivity contribution < 1.29 is 46.6 Å². The fourth-order valence-electron chi connectivity index (χ4n) is 2.33. The van der Waals surface area contributed by atoms with Crippen LogP contribution >= 0.6 is 7.60 Å². The molecule has 0 spiro atoms. The van der Waals surface area contributed by atoms with E-state index in [4.69, 9.17) is 14.0 Å². The number of nitrogens with one attached hydrogen (secondary N) is 1. The Hall–Kier alpha value is -1.66. The molecule has 16 nitrogen and oxygen atoms in total. The zero-order valence-corrected chi connectivity index (χ0v) is 16.8. The summed E-state index contributed by atoms with van der Waals surface area (Å²) in [7, 11) is -8.43. The lowest BCUT2D eigenvalue weighted by Gasteiger charge is -2.18. The molecular formula is C11H23N4O12PS. The first-order valence-corrected chi connectivity index (χ1v) is 10.5. The highest BCUT2D eigenvalue weighted by Gasteiger charge is 2.45. The SMILES string of the molecule is COc1cn([C@@H]2O[C@H](COP(=O)(O)CS(=O)(=O)O)[C@@H](O)[C@H]2O)c(=O)[nH]c1=O.N.N. The van der Waals surface area contributed by atoms with Crippen molar-refractivity contribution in [3.8, 4) is 5.75 Å². The second-order valence-corrected chi connectivity index (χ2v) is 9.28. The lowest BCUT2D eigenvalue weighted by atomic mass is 10.1. The van der Waals surface area contributed by atoms with E-state index in [0.717, 1.165) is 17.9 Å². The second kappa shape index (κ2) is 9.90. The topological polar surface area (TPSA) is 285 Å². The van der Waals surface area contributed by atoms with Gasteiger partial charge in [-0.2, -0.15) is 8.42 Å². The van der Waals surface area contributed by atoms with Gasteiger partial charge in [-0.1, -0.05) is 0 Å². The minimum atomic E-state index is -4.81. The van der Waals surface area contributed by atoms with Gasteiger partial charge in [-0.3, -0.25) is 23.5 Å². The van der Waals surface area contributed by atoms with Gasteiger partial charge in [-0.25, -0.2) is 4.79 Å². The molecule has 0 aromatic carbocycles. The predicted molar refractivity (Wildman–Crippen MR) is 96.0 cm³/mol. The molecule has 5 atom stereocenters. The maximum absolute atomic E-state index is 11.9. The van der Waals surface area contributed by atoms with E-state index < -0.39 is 65.6 Å². The van der Waals surface area contributed by atoms with E-state index in [9.17, 15) is 37.7 Å². The van der Waals surface area contributed by atoms with Gasteiger partial charge in [0.2, 0.25) is 5.75 Å². The smallest absolute Gasteiger partial charge is 0.345 e. The maximum atomic E-state index is 11.9. The van der Waals surface area contributed by atoms with Crippen LogP contribution in [0.5, 0.6) is 5.75 Å². The van der Waals surface area contributed by atoms with Crippen molar-refractivity contribution in [1.82, 2.24) is 21.9 Å². The first-order valence-electron chi connectivity index (χ1n) is 7.17. The zero-order valence-electron chi connectivity index (χ0n) is 15.1. The van der Waals surface area contributed by atoms with Gasteiger partial charge in [0.1, 0.15) is 18.3 Å². The molecule has 1 fully saturated rings. The van der Waals surface area contributed by atoms with Gasteiger partial charge in [-0.05, 0) is 0 Å². The lowest BCUT2D eigenvalue weighted by molar-refractivity contribution is -0.0526. The van der Waals surface area contributed by atoms with Crippen molar-refractivity contribution in [3.63, 3.8) is 0 Å². The normalized spacial score (nSPS) is 26.1. The Morgan fingerprint density at radius 2 is 1.86 bits per heavy atom. The molecule has 0 amide bonds. The Bertz CT molecular complexity index is 961. The molecule has 29 heavy (non-hydrogen) atoms. The Kier molecular flexibility index (Phi) is 9.33. The molecule has 1 saturated heterocycles. The van der Waals surface area contributed by atoms with Crippen molar-refractivity contribution in [3.05, 3.63) is 27.0 Å². The number of ether oxygens (including phenoxy) is 2. The molecule has 2 heterocycles. The van der Waals surface area contributed by atoms with Crippen LogP contribution in [-0.4, -0.2) is 75.2 Å². The van der Waals surface area contributed by atoms with Gasteiger partial charge in [0.05, 0.1) is 19.9 Å². The number of methoxy groups -OCH3 is 1. The van der Waals surface area contributed by atoms with Crippen molar-refractivity contribution in [2.45, 2.75) is 24.5 Å². The molecule has 170 valence electrons. The molecule has 11 N–H and O–H groups in total. The summed E-state index contributed by atoms with van der Waals surface area (Å²) in [5.74, 6) is -0.285. The average Bonchev–Trinajstić information content (AvgIpc) is 2.79. The van der Waals surface area contributed by atoms with Gasteiger partial charge in [0.15, 0.2) is 11.7 Å². The van der Waals surface area contributed by atoms with E-state index in [1.165, 1.54) is 0 Å². The number of aromatic amines is 1. The van der Waals surface area contributed by atoms with Crippen molar-refractivity contribution in [2.75, 3.05) is 19.2 Å². The minimum absolute atomic E-state index is 0. The maximum Gasteiger partial charge on any atom is 0.345 e. The number of aromatic nitrogens is 2. The Morgan fingerprint density at radius 3 is 2.38 bits per heavy atom. The van der Waals surface area contributed by atoms with E-state index in [-0.39, 0.29) is 18.1 Å². The zero-order chi connectivity index (χ0) is 20.6. The third kappa shape index (κ3) is 6.68. The van der Waals surface area contributed by atoms with Crippen LogP contribution in [-0.2, 0) is 23.9 Å². The van der Waals surface area contributed by atoms with Gasteiger partial charge in [-0.15, -0.1) is 0 Å². The van der Waals surface area contributed by atoms with Crippen LogP contribution < -0.4 is 28.3 Å². The Labute approximate surface area is 163 Å². The molecule has 1 aromatic rings. The number of hydrogen-bond acceptors (Lipinski definition) is 12. The highest BCUT2D eigenvalue weighted by molar-refractivity contribution is 7.92. The number of nitrogens with zero attached hydrogens (tertiary/aromatic N) is 1. The number of H-pyrrole nitrogens is 1. The van der Waals surface area contributed by atoms with Gasteiger partial charge < -0.3 is 41.4 Å². The molecule has 1 unspecified atom stereocenters. The van der Waals surface area contributed by atoms with Crippen molar-refractivity contribution in [2.24, 2.45) is 0 Å². The molecule has 0 aliphatic carbocycles. The van der Waals surface area contributed by atoms with E-state index in [1.54, 1.807) is 0 Å². The number of aliphatic hydroxyl groups is 2. The minimum Gasteiger partial charge on any atom is -0.490 e.